The lowest BCUT2D eigenvalue weighted by molar-refractivity contribution is 0.286. The summed E-state index contributed by atoms with van der Waals surface area (Å²) in [5.41, 5.74) is 6.08. The van der Waals surface area contributed by atoms with Gasteiger partial charge in [-0.15, -0.1) is 0 Å². The molecule has 2 unspecified atom stereocenters. The molecule has 17 heavy (non-hydrogen) atoms. The van der Waals surface area contributed by atoms with Crippen molar-refractivity contribution in [2.75, 3.05) is 19.6 Å². The zero-order valence-corrected chi connectivity index (χ0v) is 11.2. The molecule has 0 aromatic heterocycles. The van der Waals surface area contributed by atoms with Gasteiger partial charge in [0.2, 0.25) is 0 Å². The van der Waals surface area contributed by atoms with Crippen molar-refractivity contribution in [3.05, 3.63) is 0 Å². The average Bonchev–Trinajstić information content (AvgIpc) is 2.37. The molecule has 3 nitrogen and oxygen atoms in total. The molecule has 2 atom stereocenters. The van der Waals surface area contributed by atoms with Crippen LogP contribution in [0.3, 0.4) is 0 Å². The summed E-state index contributed by atoms with van der Waals surface area (Å²) in [7, 11) is 0. The Morgan fingerprint density at radius 3 is 2.65 bits per heavy atom. The standard InChI is InChI=1S/C14H27N3/c1-12-6-5-7-13(10-12)11-16-14(15)17-8-3-2-4-9-17/h12-13H,2-11H2,1H3,(H2,15,16). The molecule has 0 spiro atoms. The van der Waals surface area contributed by atoms with Crippen molar-refractivity contribution in [2.24, 2.45) is 22.6 Å². The van der Waals surface area contributed by atoms with E-state index in [1.807, 2.05) is 0 Å². The quantitative estimate of drug-likeness (QED) is 0.592. The van der Waals surface area contributed by atoms with Crippen LogP contribution in [0.2, 0.25) is 0 Å². The van der Waals surface area contributed by atoms with Crippen LogP contribution in [-0.2, 0) is 0 Å². The second-order valence-corrected chi connectivity index (χ2v) is 5.88. The zero-order chi connectivity index (χ0) is 12.1. The van der Waals surface area contributed by atoms with Gasteiger partial charge in [0.25, 0.3) is 0 Å². The third kappa shape index (κ3) is 3.90. The van der Waals surface area contributed by atoms with Gasteiger partial charge in [-0.25, -0.2) is 0 Å². The van der Waals surface area contributed by atoms with Gasteiger partial charge < -0.3 is 10.6 Å². The first kappa shape index (κ1) is 12.7. The molecule has 1 aliphatic heterocycles. The molecule has 0 amide bonds. The maximum absolute atomic E-state index is 6.08. The van der Waals surface area contributed by atoms with E-state index >= 15 is 0 Å². The Morgan fingerprint density at radius 1 is 1.18 bits per heavy atom. The van der Waals surface area contributed by atoms with E-state index in [4.69, 9.17) is 5.73 Å². The monoisotopic (exact) mass is 237 g/mol. The molecule has 0 bridgehead atoms. The molecule has 98 valence electrons. The van der Waals surface area contributed by atoms with E-state index in [-0.39, 0.29) is 0 Å². The largest absolute Gasteiger partial charge is 0.370 e. The molecule has 2 rings (SSSR count). The Hall–Kier alpha value is -0.730. The maximum atomic E-state index is 6.08. The Labute approximate surface area is 105 Å². The van der Waals surface area contributed by atoms with Crippen molar-refractivity contribution < 1.29 is 0 Å². The summed E-state index contributed by atoms with van der Waals surface area (Å²) in [6.45, 7) is 5.53. The van der Waals surface area contributed by atoms with Crippen molar-refractivity contribution in [2.45, 2.75) is 51.9 Å². The van der Waals surface area contributed by atoms with Gasteiger partial charge in [-0.05, 0) is 43.9 Å². The Morgan fingerprint density at radius 2 is 1.94 bits per heavy atom. The van der Waals surface area contributed by atoms with Crippen LogP contribution in [-0.4, -0.2) is 30.5 Å². The maximum Gasteiger partial charge on any atom is 0.191 e. The molecular weight excluding hydrogens is 210 g/mol. The first-order valence-corrected chi connectivity index (χ1v) is 7.30. The van der Waals surface area contributed by atoms with Gasteiger partial charge in [0.05, 0.1) is 0 Å². The molecule has 0 aromatic rings. The molecule has 0 aromatic carbocycles. The van der Waals surface area contributed by atoms with E-state index in [2.05, 4.69) is 16.8 Å². The van der Waals surface area contributed by atoms with Gasteiger partial charge in [-0.2, -0.15) is 0 Å². The normalized spacial score (nSPS) is 31.6. The van der Waals surface area contributed by atoms with Crippen LogP contribution in [0.5, 0.6) is 0 Å². The van der Waals surface area contributed by atoms with Gasteiger partial charge in [0, 0.05) is 19.6 Å². The van der Waals surface area contributed by atoms with Crippen LogP contribution in [0, 0.1) is 11.8 Å². The van der Waals surface area contributed by atoms with Crippen LogP contribution in [0.25, 0.3) is 0 Å². The van der Waals surface area contributed by atoms with Crippen molar-refractivity contribution in [3.8, 4) is 0 Å². The summed E-state index contributed by atoms with van der Waals surface area (Å²) in [5, 5.41) is 0. The summed E-state index contributed by atoms with van der Waals surface area (Å²) in [6, 6.07) is 0. The molecule has 2 aliphatic rings. The van der Waals surface area contributed by atoms with Crippen LogP contribution < -0.4 is 5.73 Å². The molecule has 1 heterocycles. The number of piperidine rings is 1. The first-order chi connectivity index (χ1) is 8.25. The fourth-order valence-electron chi connectivity index (χ4n) is 3.17. The van der Waals surface area contributed by atoms with Crippen molar-refractivity contribution in [1.82, 2.24) is 4.90 Å². The number of likely N-dealkylation sites (tertiary alicyclic amines) is 1. The lowest BCUT2D eigenvalue weighted by atomic mass is 9.82. The third-order valence-corrected chi connectivity index (χ3v) is 4.24. The summed E-state index contributed by atoms with van der Waals surface area (Å²) >= 11 is 0. The number of nitrogens with zero attached hydrogens (tertiary/aromatic N) is 2. The summed E-state index contributed by atoms with van der Waals surface area (Å²) in [6.07, 6.45) is 9.38. The van der Waals surface area contributed by atoms with E-state index in [1.54, 1.807) is 0 Å². The predicted octanol–water partition coefficient (Wildman–Crippen LogP) is 2.61. The summed E-state index contributed by atoms with van der Waals surface area (Å²) in [4.78, 5) is 6.89. The Kier molecular flexibility index (Phi) is 4.69. The highest BCUT2D eigenvalue weighted by atomic mass is 15.2. The lowest BCUT2D eigenvalue weighted by Crippen LogP contribution is -2.41. The number of nitrogens with two attached hydrogens (primary N) is 1. The second-order valence-electron chi connectivity index (χ2n) is 5.88. The third-order valence-electron chi connectivity index (χ3n) is 4.24. The van der Waals surface area contributed by atoms with Crippen molar-refractivity contribution in [1.29, 1.82) is 0 Å². The van der Waals surface area contributed by atoms with Crippen LogP contribution >= 0.6 is 0 Å². The van der Waals surface area contributed by atoms with Gasteiger partial charge in [0.1, 0.15) is 0 Å². The van der Waals surface area contributed by atoms with Crippen LogP contribution in [0.15, 0.2) is 4.99 Å². The minimum Gasteiger partial charge on any atom is -0.370 e. The molecule has 3 heteroatoms. The molecule has 2 N–H and O–H groups in total. The van der Waals surface area contributed by atoms with Crippen molar-refractivity contribution >= 4 is 5.96 Å². The Bertz CT molecular complexity index is 256. The smallest absolute Gasteiger partial charge is 0.191 e. The van der Waals surface area contributed by atoms with Crippen molar-refractivity contribution in [3.63, 3.8) is 0 Å². The fourth-order valence-corrected chi connectivity index (χ4v) is 3.17. The Balaban J connectivity index is 1.78. The van der Waals surface area contributed by atoms with Gasteiger partial charge in [-0.3, -0.25) is 4.99 Å². The number of aliphatic imine (C=N–C) groups is 1. The molecule has 0 radical (unpaired) electrons. The van der Waals surface area contributed by atoms with E-state index < -0.39 is 0 Å². The fraction of sp³-hybridized carbons (Fsp3) is 0.929. The first-order valence-electron chi connectivity index (χ1n) is 7.30. The SMILES string of the molecule is CC1CCCC(CN=C(N)N2CCCCC2)C1. The van der Waals surface area contributed by atoms with Crippen LogP contribution in [0.1, 0.15) is 51.9 Å². The predicted molar refractivity (Wildman–Crippen MR) is 73.0 cm³/mol. The highest BCUT2D eigenvalue weighted by Gasteiger charge is 2.19. The molecule has 1 saturated carbocycles. The van der Waals surface area contributed by atoms with Gasteiger partial charge in [-0.1, -0.05) is 19.8 Å². The number of hydrogen-bond acceptors (Lipinski definition) is 1. The van der Waals surface area contributed by atoms with Gasteiger partial charge >= 0.3 is 0 Å². The lowest BCUT2D eigenvalue weighted by Gasteiger charge is -2.29. The zero-order valence-electron chi connectivity index (χ0n) is 11.2. The molecule has 1 saturated heterocycles. The number of hydrogen-bond donors (Lipinski definition) is 1. The summed E-state index contributed by atoms with van der Waals surface area (Å²) < 4.78 is 0. The number of guanidine groups is 1. The molecular formula is C14H27N3. The van der Waals surface area contributed by atoms with E-state index in [1.165, 1.54) is 44.9 Å². The highest BCUT2D eigenvalue weighted by Crippen LogP contribution is 2.28. The topological polar surface area (TPSA) is 41.6 Å². The summed E-state index contributed by atoms with van der Waals surface area (Å²) in [5.74, 6) is 2.46. The van der Waals surface area contributed by atoms with E-state index in [0.717, 1.165) is 37.4 Å². The minimum atomic E-state index is 0.780. The van der Waals surface area contributed by atoms with Crippen LogP contribution in [0.4, 0.5) is 0 Å². The minimum absolute atomic E-state index is 0.780. The molecule has 2 fully saturated rings. The average molecular weight is 237 g/mol. The number of rotatable bonds is 2. The second kappa shape index (κ2) is 6.27. The van der Waals surface area contributed by atoms with E-state index in [0.29, 0.717) is 0 Å². The highest BCUT2D eigenvalue weighted by molar-refractivity contribution is 5.78. The van der Waals surface area contributed by atoms with Gasteiger partial charge in [0.15, 0.2) is 5.96 Å². The molecule has 1 aliphatic carbocycles. The van der Waals surface area contributed by atoms with E-state index in [9.17, 15) is 0 Å².